The van der Waals surface area contributed by atoms with E-state index in [1.54, 1.807) is 6.07 Å². The fourth-order valence-electron chi connectivity index (χ4n) is 2.12. The van der Waals surface area contributed by atoms with Gasteiger partial charge in [0.15, 0.2) is 0 Å². The Morgan fingerprint density at radius 2 is 2.04 bits per heavy atom. The van der Waals surface area contributed by atoms with E-state index >= 15 is 0 Å². The molecule has 0 bridgehead atoms. The van der Waals surface area contributed by atoms with Crippen LogP contribution in [0.1, 0.15) is 50.2 Å². The van der Waals surface area contributed by atoms with Gasteiger partial charge in [0.1, 0.15) is 6.04 Å². The van der Waals surface area contributed by atoms with E-state index in [1.807, 2.05) is 39.1 Å². The van der Waals surface area contributed by atoms with Crippen LogP contribution in [0.4, 0.5) is 0 Å². The summed E-state index contributed by atoms with van der Waals surface area (Å²) in [5.74, 6) is -0.366. The number of aliphatic hydroxyl groups excluding tert-OH is 1. The van der Waals surface area contributed by atoms with Gasteiger partial charge in [-0.3, -0.25) is 9.59 Å². The maximum Gasteiger partial charge on any atom is 0.262 e. The molecular formula is C17H28N2O3S. The summed E-state index contributed by atoms with van der Waals surface area (Å²) in [4.78, 5) is 25.0. The van der Waals surface area contributed by atoms with Crippen LogP contribution >= 0.6 is 11.3 Å². The van der Waals surface area contributed by atoms with Gasteiger partial charge in [0.25, 0.3) is 5.91 Å². The average Bonchev–Trinajstić information content (AvgIpc) is 3.02. The second-order valence-electron chi connectivity index (χ2n) is 6.89. The molecule has 1 unspecified atom stereocenters. The van der Waals surface area contributed by atoms with Crippen molar-refractivity contribution in [2.75, 3.05) is 13.2 Å². The molecule has 0 saturated carbocycles. The van der Waals surface area contributed by atoms with Gasteiger partial charge in [-0.2, -0.15) is 0 Å². The molecule has 0 aliphatic rings. The molecule has 1 rings (SSSR count). The van der Waals surface area contributed by atoms with Gasteiger partial charge in [-0.1, -0.05) is 33.8 Å². The van der Waals surface area contributed by atoms with E-state index in [0.29, 0.717) is 11.4 Å². The summed E-state index contributed by atoms with van der Waals surface area (Å²) in [5.41, 5.74) is -0.129. The first-order valence-electron chi connectivity index (χ1n) is 8.00. The number of carbonyl (C=O) groups excluding carboxylic acids is 2. The Kier molecular flexibility index (Phi) is 7.72. The van der Waals surface area contributed by atoms with E-state index < -0.39 is 6.04 Å². The lowest BCUT2D eigenvalue weighted by atomic mass is 9.89. The minimum atomic E-state index is -0.546. The molecule has 2 amide bonds. The molecule has 23 heavy (non-hydrogen) atoms. The highest BCUT2D eigenvalue weighted by molar-refractivity contribution is 7.12. The molecule has 3 N–H and O–H groups in total. The van der Waals surface area contributed by atoms with Gasteiger partial charge in [-0.15, -0.1) is 11.3 Å². The molecule has 0 aromatic carbocycles. The van der Waals surface area contributed by atoms with Crippen molar-refractivity contribution < 1.29 is 14.7 Å². The normalized spacial score (nSPS) is 13.0. The third-order valence-corrected chi connectivity index (χ3v) is 4.61. The van der Waals surface area contributed by atoms with Crippen molar-refractivity contribution in [2.24, 2.45) is 11.3 Å². The summed E-state index contributed by atoms with van der Waals surface area (Å²) in [6.07, 6.45) is 1.63. The molecule has 0 spiro atoms. The van der Waals surface area contributed by atoms with Gasteiger partial charge >= 0.3 is 0 Å². The Balaban J connectivity index is 2.47. The maximum atomic E-state index is 12.3. The zero-order chi connectivity index (χ0) is 17.5. The lowest BCUT2D eigenvalue weighted by molar-refractivity contribution is -0.123. The molecule has 130 valence electrons. The smallest absolute Gasteiger partial charge is 0.262 e. The monoisotopic (exact) mass is 340 g/mol. The molecule has 1 aromatic rings. The van der Waals surface area contributed by atoms with Crippen molar-refractivity contribution in [2.45, 2.75) is 46.6 Å². The van der Waals surface area contributed by atoms with Crippen molar-refractivity contribution in [3.63, 3.8) is 0 Å². The van der Waals surface area contributed by atoms with Crippen molar-refractivity contribution in [1.82, 2.24) is 10.6 Å². The summed E-state index contributed by atoms with van der Waals surface area (Å²) in [7, 11) is 0. The number of thiophene rings is 1. The molecule has 0 saturated heterocycles. The first kappa shape index (κ1) is 19.6. The second-order valence-corrected chi connectivity index (χ2v) is 7.84. The minimum absolute atomic E-state index is 0.00722. The molecule has 0 aliphatic heterocycles. The average molecular weight is 340 g/mol. The predicted octanol–water partition coefficient (Wildman–Crippen LogP) is 2.42. The molecule has 0 radical (unpaired) electrons. The van der Waals surface area contributed by atoms with E-state index in [4.69, 9.17) is 0 Å². The minimum Gasteiger partial charge on any atom is -0.396 e. The summed E-state index contributed by atoms with van der Waals surface area (Å²) in [5, 5.41) is 16.7. The highest BCUT2D eigenvalue weighted by atomic mass is 32.1. The van der Waals surface area contributed by atoms with Crippen LogP contribution in [0.5, 0.6) is 0 Å². The zero-order valence-electron chi connectivity index (χ0n) is 14.4. The molecule has 1 atom stereocenters. The highest BCUT2D eigenvalue weighted by Gasteiger charge is 2.25. The highest BCUT2D eigenvalue weighted by Crippen LogP contribution is 2.20. The number of hydrogen-bond donors (Lipinski definition) is 3. The number of hydrogen-bond acceptors (Lipinski definition) is 4. The maximum absolute atomic E-state index is 12.3. The Labute approximate surface area is 142 Å². The zero-order valence-corrected chi connectivity index (χ0v) is 15.2. The fourth-order valence-corrected chi connectivity index (χ4v) is 2.75. The van der Waals surface area contributed by atoms with E-state index in [0.717, 1.165) is 12.8 Å². The Hall–Kier alpha value is -1.40. The number of carbonyl (C=O) groups is 2. The standard InChI is InChI=1S/C17H28N2O3S/c1-12(2)14(19-15(21)13-7-5-10-23-13)16(22)18-9-6-8-17(3,4)11-20/h5,7,10,12,14,20H,6,8-9,11H2,1-4H3,(H,18,22)(H,19,21). The lowest BCUT2D eigenvalue weighted by Gasteiger charge is -2.23. The number of rotatable bonds is 9. The Morgan fingerprint density at radius 3 is 2.57 bits per heavy atom. The Bertz CT molecular complexity index is 498. The van der Waals surface area contributed by atoms with Gasteiger partial charge in [0, 0.05) is 13.2 Å². The van der Waals surface area contributed by atoms with Crippen molar-refractivity contribution in [1.29, 1.82) is 0 Å². The van der Waals surface area contributed by atoms with E-state index in [1.165, 1.54) is 11.3 Å². The van der Waals surface area contributed by atoms with Crippen molar-refractivity contribution in [3.05, 3.63) is 22.4 Å². The first-order valence-corrected chi connectivity index (χ1v) is 8.88. The number of amides is 2. The van der Waals surface area contributed by atoms with E-state index in [-0.39, 0.29) is 29.8 Å². The molecule has 1 heterocycles. The quantitative estimate of drug-likeness (QED) is 0.604. The number of nitrogens with one attached hydrogen (secondary N) is 2. The largest absolute Gasteiger partial charge is 0.396 e. The van der Waals surface area contributed by atoms with Gasteiger partial charge in [-0.05, 0) is 35.6 Å². The third-order valence-electron chi connectivity index (χ3n) is 3.74. The summed E-state index contributed by atoms with van der Waals surface area (Å²) in [6, 6.07) is 3.01. The van der Waals surface area contributed by atoms with Crippen LogP contribution in [0.15, 0.2) is 17.5 Å². The van der Waals surface area contributed by atoms with Crippen molar-refractivity contribution >= 4 is 23.2 Å². The van der Waals surface area contributed by atoms with Crippen LogP contribution in [0.2, 0.25) is 0 Å². The number of aliphatic hydroxyl groups is 1. The van der Waals surface area contributed by atoms with Gasteiger partial charge in [-0.25, -0.2) is 0 Å². The third kappa shape index (κ3) is 6.71. The molecule has 1 aromatic heterocycles. The van der Waals surface area contributed by atoms with E-state index in [2.05, 4.69) is 10.6 Å². The SMILES string of the molecule is CC(C)C(NC(=O)c1cccs1)C(=O)NCCCC(C)(C)CO. The van der Waals surface area contributed by atoms with Crippen LogP contribution in [0, 0.1) is 11.3 Å². The molecule has 0 fully saturated rings. The Morgan fingerprint density at radius 1 is 1.35 bits per heavy atom. The van der Waals surface area contributed by atoms with Crippen LogP contribution in [-0.2, 0) is 4.79 Å². The fraction of sp³-hybridized carbons (Fsp3) is 0.647. The topological polar surface area (TPSA) is 78.4 Å². The summed E-state index contributed by atoms with van der Waals surface area (Å²) >= 11 is 1.36. The van der Waals surface area contributed by atoms with Crippen LogP contribution in [0.25, 0.3) is 0 Å². The summed E-state index contributed by atoms with van der Waals surface area (Å²) in [6.45, 7) is 8.48. The van der Waals surface area contributed by atoms with Gasteiger partial charge in [0.2, 0.25) is 5.91 Å². The molecule has 0 aliphatic carbocycles. The van der Waals surface area contributed by atoms with Crippen LogP contribution < -0.4 is 10.6 Å². The molecule has 6 heteroatoms. The van der Waals surface area contributed by atoms with Crippen molar-refractivity contribution in [3.8, 4) is 0 Å². The summed E-state index contributed by atoms with van der Waals surface area (Å²) < 4.78 is 0. The van der Waals surface area contributed by atoms with Crippen LogP contribution in [0.3, 0.4) is 0 Å². The predicted molar refractivity (Wildman–Crippen MR) is 93.5 cm³/mol. The first-order chi connectivity index (χ1) is 10.8. The second kappa shape index (κ2) is 9.03. The molecule has 5 nitrogen and oxygen atoms in total. The van der Waals surface area contributed by atoms with Gasteiger partial charge in [0.05, 0.1) is 4.88 Å². The van der Waals surface area contributed by atoms with E-state index in [9.17, 15) is 14.7 Å². The van der Waals surface area contributed by atoms with Crippen LogP contribution in [-0.4, -0.2) is 36.1 Å². The van der Waals surface area contributed by atoms with Gasteiger partial charge < -0.3 is 15.7 Å². The molecular weight excluding hydrogens is 312 g/mol. The lowest BCUT2D eigenvalue weighted by Crippen LogP contribution is -2.49.